The Morgan fingerprint density at radius 2 is 1.90 bits per heavy atom. The molecule has 0 radical (unpaired) electrons. The van der Waals surface area contributed by atoms with Crippen molar-refractivity contribution >= 4 is 11.8 Å². The van der Waals surface area contributed by atoms with Crippen LogP contribution >= 0.6 is 0 Å². The van der Waals surface area contributed by atoms with Crippen molar-refractivity contribution in [3.63, 3.8) is 0 Å². The minimum Gasteiger partial charge on any atom is -0.494 e. The molecule has 0 saturated carbocycles. The van der Waals surface area contributed by atoms with E-state index in [0.29, 0.717) is 12.3 Å². The maximum atomic E-state index is 12.6. The molecule has 1 aliphatic rings. The largest absolute Gasteiger partial charge is 0.494 e. The topological polar surface area (TPSA) is 54.0 Å². The number of likely N-dealkylation sites (tertiary alicyclic amines) is 1. The molecule has 0 bridgehead atoms. The van der Waals surface area contributed by atoms with Crippen molar-refractivity contribution in [1.82, 2.24) is 9.80 Å². The molecule has 1 amide bonds. The minimum absolute atomic E-state index is 0.142. The van der Waals surface area contributed by atoms with Crippen LogP contribution < -0.4 is 10.1 Å². The van der Waals surface area contributed by atoms with E-state index >= 15 is 0 Å². The number of ether oxygens (including phenoxy) is 2. The van der Waals surface area contributed by atoms with Gasteiger partial charge in [0.05, 0.1) is 6.61 Å². The molecule has 1 heterocycles. The van der Waals surface area contributed by atoms with Crippen LogP contribution in [0.4, 0.5) is 10.5 Å². The zero-order chi connectivity index (χ0) is 21.6. The van der Waals surface area contributed by atoms with Crippen molar-refractivity contribution in [3.05, 3.63) is 24.3 Å². The fourth-order valence-electron chi connectivity index (χ4n) is 3.84. The van der Waals surface area contributed by atoms with Crippen molar-refractivity contribution in [3.8, 4) is 5.75 Å². The van der Waals surface area contributed by atoms with Gasteiger partial charge in [-0.1, -0.05) is 46.1 Å². The van der Waals surface area contributed by atoms with Gasteiger partial charge in [0.1, 0.15) is 11.9 Å². The van der Waals surface area contributed by atoms with Crippen LogP contribution in [0.2, 0.25) is 0 Å². The maximum absolute atomic E-state index is 12.6. The van der Waals surface area contributed by atoms with E-state index in [2.05, 4.69) is 35.9 Å². The summed E-state index contributed by atoms with van der Waals surface area (Å²) < 4.78 is 11.7. The van der Waals surface area contributed by atoms with Crippen LogP contribution in [0.5, 0.6) is 5.75 Å². The van der Waals surface area contributed by atoms with Crippen molar-refractivity contribution in [2.45, 2.75) is 65.4 Å². The Balaban J connectivity index is 1.90. The van der Waals surface area contributed by atoms with E-state index in [1.807, 2.05) is 24.3 Å². The molecule has 1 unspecified atom stereocenters. The molecule has 1 N–H and O–H groups in total. The number of hydrogen-bond donors (Lipinski definition) is 1. The van der Waals surface area contributed by atoms with E-state index < -0.39 is 6.09 Å². The molecule has 1 saturated heterocycles. The second kappa shape index (κ2) is 14.3. The van der Waals surface area contributed by atoms with Crippen LogP contribution in [-0.4, -0.2) is 67.9 Å². The Hall–Kier alpha value is -1.79. The van der Waals surface area contributed by atoms with E-state index in [0.717, 1.165) is 57.9 Å². The monoisotopic (exact) mass is 419 g/mol. The van der Waals surface area contributed by atoms with Crippen LogP contribution in [0.1, 0.15) is 59.3 Å². The van der Waals surface area contributed by atoms with Gasteiger partial charge >= 0.3 is 6.09 Å². The van der Waals surface area contributed by atoms with Gasteiger partial charge in [0.15, 0.2) is 0 Å². The van der Waals surface area contributed by atoms with Gasteiger partial charge in [0.25, 0.3) is 0 Å². The first kappa shape index (κ1) is 24.5. The van der Waals surface area contributed by atoms with Gasteiger partial charge in [-0.2, -0.15) is 0 Å². The summed E-state index contributed by atoms with van der Waals surface area (Å²) in [7, 11) is 0. The number of likely N-dealkylation sites (N-methyl/N-ethyl adjacent to an activating group) is 1. The average Bonchev–Trinajstić information content (AvgIpc) is 2.76. The van der Waals surface area contributed by atoms with Crippen LogP contribution in [0.15, 0.2) is 24.3 Å². The van der Waals surface area contributed by atoms with E-state index in [1.54, 1.807) is 0 Å². The van der Waals surface area contributed by atoms with Crippen LogP contribution in [-0.2, 0) is 4.74 Å². The van der Waals surface area contributed by atoms with E-state index in [9.17, 15) is 4.79 Å². The minimum atomic E-state index is -0.396. The summed E-state index contributed by atoms with van der Waals surface area (Å²) in [5.74, 6) is 0.775. The molecule has 1 aromatic carbocycles. The number of nitrogens with zero attached hydrogens (tertiary/aromatic N) is 2. The van der Waals surface area contributed by atoms with Gasteiger partial charge < -0.3 is 14.4 Å². The molecular weight excluding hydrogens is 378 g/mol. The Morgan fingerprint density at radius 3 is 2.60 bits per heavy atom. The molecule has 1 fully saturated rings. The van der Waals surface area contributed by atoms with Crippen molar-refractivity contribution in [1.29, 1.82) is 0 Å². The zero-order valence-electron chi connectivity index (χ0n) is 19.2. The summed E-state index contributed by atoms with van der Waals surface area (Å²) in [6, 6.07) is 7.54. The van der Waals surface area contributed by atoms with Gasteiger partial charge in [0.2, 0.25) is 0 Å². The number of unbranched alkanes of at least 4 members (excludes halogenated alkanes) is 2. The normalized spacial score (nSPS) is 15.7. The molecule has 6 nitrogen and oxygen atoms in total. The number of hydrogen-bond acceptors (Lipinski definition) is 5. The fourth-order valence-corrected chi connectivity index (χ4v) is 3.84. The van der Waals surface area contributed by atoms with Crippen LogP contribution in [0.3, 0.4) is 0 Å². The number of piperidine rings is 1. The molecule has 1 aliphatic heterocycles. The summed E-state index contributed by atoms with van der Waals surface area (Å²) in [6.45, 7) is 12.8. The molecule has 2 rings (SSSR count). The first-order valence-corrected chi connectivity index (χ1v) is 11.8. The summed E-state index contributed by atoms with van der Waals surface area (Å²) >= 11 is 0. The lowest BCUT2D eigenvalue weighted by molar-refractivity contribution is 0.0503. The molecule has 6 heteroatoms. The number of anilines is 1. The van der Waals surface area contributed by atoms with Gasteiger partial charge in [-0.05, 0) is 57.6 Å². The number of benzene rings is 1. The maximum Gasteiger partial charge on any atom is 0.411 e. The van der Waals surface area contributed by atoms with E-state index in [4.69, 9.17) is 9.47 Å². The smallest absolute Gasteiger partial charge is 0.411 e. The second-order valence-electron chi connectivity index (χ2n) is 8.08. The molecule has 0 aliphatic carbocycles. The standard InChI is InChI=1S/C24H41N3O3/c1-4-7-11-17-29-22-14-12-13-21(18-22)25-24(28)30-23(19-26(5-2)6-3)20-27-15-9-8-10-16-27/h12-14,18,23H,4-11,15-17,19-20H2,1-3H3,(H,25,28). The van der Waals surface area contributed by atoms with Gasteiger partial charge in [-0.3, -0.25) is 10.2 Å². The predicted octanol–water partition coefficient (Wildman–Crippen LogP) is 5.00. The summed E-state index contributed by atoms with van der Waals surface area (Å²) in [6.07, 6.45) is 6.60. The second-order valence-corrected chi connectivity index (χ2v) is 8.08. The Morgan fingerprint density at radius 1 is 1.13 bits per heavy atom. The van der Waals surface area contributed by atoms with Crippen molar-refractivity contribution in [2.75, 3.05) is 51.2 Å². The first-order valence-electron chi connectivity index (χ1n) is 11.8. The van der Waals surface area contributed by atoms with Gasteiger partial charge in [-0.15, -0.1) is 0 Å². The Kier molecular flexibility index (Phi) is 11.6. The number of carbonyl (C=O) groups is 1. The molecule has 1 atom stereocenters. The number of nitrogens with one attached hydrogen (secondary N) is 1. The predicted molar refractivity (Wildman–Crippen MR) is 123 cm³/mol. The number of amides is 1. The highest BCUT2D eigenvalue weighted by molar-refractivity contribution is 5.85. The lowest BCUT2D eigenvalue weighted by atomic mass is 10.1. The molecule has 0 aromatic heterocycles. The van der Waals surface area contributed by atoms with Crippen molar-refractivity contribution < 1.29 is 14.3 Å². The first-order chi connectivity index (χ1) is 14.6. The van der Waals surface area contributed by atoms with E-state index in [-0.39, 0.29) is 6.10 Å². The zero-order valence-corrected chi connectivity index (χ0v) is 19.2. The highest BCUT2D eigenvalue weighted by Crippen LogP contribution is 2.18. The van der Waals surface area contributed by atoms with Gasteiger partial charge in [-0.25, -0.2) is 4.79 Å². The summed E-state index contributed by atoms with van der Waals surface area (Å²) in [5.41, 5.74) is 0.701. The third-order valence-corrected chi connectivity index (χ3v) is 5.64. The molecule has 170 valence electrons. The average molecular weight is 420 g/mol. The molecular formula is C24H41N3O3. The lowest BCUT2D eigenvalue weighted by Crippen LogP contribution is -2.44. The number of rotatable bonds is 13. The van der Waals surface area contributed by atoms with Crippen molar-refractivity contribution in [2.24, 2.45) is 0 Å². The molecule has 30 heavy (non-hydrogen) atoms. The highest BCUT2D eigenvalue weighted by Gasteiger charge is 2.22. The van der Waals surface area contributed by atoms with Gasteiger partial charge in [0, 0.05) is 24.8 Å². The Bertz CT molecular complexity index is 601. The third-order valence-electron chi connectivity index (χ3n) is 5.64. The molecule has 1 aromatic rings. The Labute approximate surface area is 182 Å². The SMILES string of the molecule is CCCCCOc1cccc(NC(=O)OC(CN(CC)CC)CN2CCCCC2)c1. The number of carbonyl (C=O) groups excluding carboxylic acids is 1. The fraction of sp³-hybridized carbons (Fsp3) is 0.708. The quantitative estimate of drug-likeness (QED) is 0.456. The lowest BCUT2D eigenvalue weighted by Gasteiger charge is -2.32. The summed E-state index contributed by atoms with van der Waals surface area (Å²) in [4.78, 5) is 17.4. The molecule has 0 spiro atoms. The van der Waals surface area contributed by atoms with E-state index in [1.165, 1.54) is 25.7 Å². The summed E-state index contributed by atoms with van der Waals surface area (Å²) in [5, 5.41) is 2.88. The third kappa shape index (κ3) is 9.35. The van der Waals surface area contributed by atoms with Crippen LogP contribution in [0.25, 0.3) is 0 Å². The highest BCUT2D eigenvalue weighted by atomic mass is 16.6. The van der Waals surface area contributed by atoms with Crippen LogP contribution in [0, 0.1) is 0 Å².